The Labute approximate surface area is 290 Å². The van der Waals surface area contributed by atoms with Crippen LogP contribution in [0.4, 0.5) is 0 Å². The van der Waals surface area contributed by atoms with Crippen LogP contribution in [0.2, 0.25) is 0 Å². The fourth-order valence-electron chi connectivity index (χ4n) is 7.04. The number of hydrogen-bond donors (Lipinski definition) is 0. The van der Waals surface area contributed by atoms with E-state index in [2.05, 4.69) is 98.8 Å². The molecule has 6 heteroatoms. The Kier molecular flexibility index (Phi) is 10.2. The van der Waals surface area contributed by atoms with Crippen molar-refractivity contribution < 1.29 is 0 Å². The summed E-state index contributed by atoms with van der Waals surface area (Å²) >= 11 is 3.11. The van der Waals surface area contributed by atoms with Crippen LogP contribution in [0.15, 0.2) is 60.7 Å². The van der Waals surface area contributed by atoms with E-state index in [1.165, 1.54) is 24.0 Å². The van der Waals surface area contributed by atoms with Crippen LogP contribution in [-0.4, -0.2) is 0 Å². The average Bonchev–Trinajstić information content (AvgIpc) is 3.88. The molecule has 2 aliphatic rings. The summed E-state index contributed by atoms with van der Waals surface area (Å²) in [6, 6.07) is 30.2. The Morgan fingerprint density at radius 2 is 0.854 bits per heavy atom. The minimum absolute atomic E-state index is 0.177. The summed E-state index contributed by atoms with van der Waals surface area (Å²) in [6.45, 7) is 4.40. The first kappa shape index (κ1) is 32.9. The van der Waals surface area contributed by atoms with E-state index in [1.807, 2.05) is 0 Å². The van der Waals surface area contributed by atoms with Crippen molar-refractivity contribution in [2.24, 2.45) is 0 Å². The lowest BCUT2D eigenvalue weighted by molar-refractivity contribution is 0.666. The number of thiophene rings is 2. The van der Waals surface area contributed by atoms with Crippen LogP contribution in [0.3, 0.4) is 0 Å². The molecule has 2 aromatic carbocycles. The van der Waals surface area contributed by atoms with E-state index in [4.69, 9.17) is 0 Å². The zero-order valence-electron chi connectivity index (χ0n) is 27.4. The number of nitriles is 4. The maximum atomic E-state index is 9.90. The van der Waals surface area contributed by atoms with Gasteiger partial charge in [0.05, 0.1) is 9.06 Å². The van der Waals surface area contributed by atoms with E-state index in [0.29, 0.717) is 0 Å². The summed E-state index contributed by atoms with van der Waals surface area (Å²) in [5, 5.41) is 39.6. The number of allylic oxidation sites excluding steroid dienone is 2. The Hall–Kier alpha value is -4.98. The van der Waals surface area contributed by atoms with Crippen molar-refractivity contribution in [1.29, 1.82) is 21.0 Å². The fraction of sp³-hybridized carbons (Fsp3) is 0.286. The predicted molar refractivity (Wildman–Crippen MR) is 197 cm³/mol. The van der Waals surface area contributed by atoms with E-state index < -0.39 is 0 Å². The molecule has 236 valence electrons. The lowest BCUT2D eigenvalue weighted by Crippen LogP contribution is -2.06. The minimum atomic E-state index is 0.177. The highest BCUT2D eigenvalue weighted by Gasteiger charge is 2.37. The molecule has 0 aliphatic heterocycles. The molecular weight excluding hydrogens is 625 g/mol. The third-order valence-electron chi connectivity index (χ3n) is 9.29. The van der Waals surface area contributed by atoms with E-state index in [-0.39, 0.29) is 11.1 Å². The number of nitrogens with zero attached hydrogens (tertiary/aromatic N) is 4. The van der Waals surface area contributed by atoms with Crippen molar-refractivity contribution in [3.63, 3.8) is 0 Å². The second-order valence-corrected chi connectivity index (χ2v) is 14.4. The largest absolute Gasteiger partial charge is 0.192 e. The molecule has 0 saturated heterocycles. The maximum absolute atomic E-state index is 9.90. The Balaban J connectivity index is 1.68. The van der Waals surface area contributed by atoms with Gasteiger partial charge >= 0.3 is 0 Å². The van der Waals surface area contributed by atoms with Crippen molar-refractivity contribution in [2.75, 3.05) is 0 Å². The number of unbranched alkanes of at least 4 members (excludes halogenated alkanes) is 6. The highest BCUT2D eigenvalue weighted by molar-refractivity contribution is 7.08. The molecule has 0 atom stereocenters. The van der Waals surface area contributed by atoms with Gasteiger partial charge in [-0.15, -0.1) is 22.7 Å². The number of hydrogen-bond acceptors (Lipinski definition) is 6. The first-order valence-corrected chi connectivity index (χ1v) is 18.5. The molecule has 0 radical (unpaired) electrons. The second kappa shape index (κ2) is 14.8. The Bertz CT molecular complexity index is 2170. The van der Waals surface area contributed by atoms with Gasteiger partial charge in [0.2, 0.25) is 0 Å². The van der Waals surface area contributed by atoms with Crippen LogP contribution in [0, 0.1) is 45.3 Å². The monoisotopic (exact) mass is 660 g/mol. The first-order valence-electron chi connectivity index (χ1n) is 16.9. The smallest absolute Gasteiger partial charge is 0.147 e. The Morgan fingerprint density at radius 3 is 1.19 bits per heavy atom. The summed E-state index contributed by atoms with van der Waals surface area (Å²) in [7, 11) is 0. The molecule has 0 fully saturated rings. The third kappa shape index (κ3) is 5.96. The molecule has 48 heavy (non-hydrogen) atoms. The lowest BCUT2D eigenvalue weighted by atomic mass is 9.93. The van der Waals surface area contributed by atoms with Crippen molar-refractivity contribution in [1.82, 2.24) is 0 Å². The summed E-state index contributed by atoms with van der Waals surface area (Å²) in [4.78, 5) is 0. The number of fused-ring (bicyclic) bond motifs is 4. The molecule has 2 heterocycles. The van der Waals surface area contributed by atoms with Crippen LogP contribution in [0.5, 0.6) is 0 Å². The van der Waals surface area contributed by atoms with E-state index in [9.17, 15) is 21.0 Å². The van der Waals surface area contributed by atoms with Gasteiger partial charge in [-0.3, -0.25) is 0 Å². The second-order valence-electron chi connectivity index (χ2n) is 12.3. The SMILES string of the molecule is CCCCCCc1c/c(=C2C3=C(/C(=c4\cc(CCCCCC)c(=C(C#N)C#N)s4)c4ccccc43)c3ccccc3/2)sc1=C(C#N)C#N. The quantitative estimate of drug-likeness (QED) is 0.162. The average molecular weight is 661 g/mol. The highest BCUT2D eigenvalue weighted by Crippen LogP contribution is 2.55. The minimum Gasteiger partial charge on any atom is -0.192 e. The highest BCUT2D eigenvalue weighted by atomic mass is 32.1. The van der Waals surface area contributed by atoms with Crippen LogP contribution >= 0.6 is 22.7 Å². The molecule has 2 aromatic heterocycles. The van der Waals surface area contributed by atoms with Gasteiger partial charge in [-0.05, 0) is 71.2 Å². The topological polar surface area (TPSA) is 95.2 Å². The molecule has 4 nitrogen and oxygen atoms in total. The molecule has 0 amide bonds. The van der Waals surface area contributed by atoms with Crippen molar-refractivity contribution in [2.45, 2.75) is 78.1 Å². The number of benzene rings is 2. The van der Waals surface area contributed by atoms with Gasteiger partial charge in [0, 0.05) is 31.4 Å². The van der Waals surface area contributed by atoms with Gasteiger partial charge < -0.3 is 0 Å². The summed E-state index contributed by atoms with van der Waals surface area (Å²) < 4.78 is 3.71. The number of aryl methyl sites for hydroxylation is 2. The lowest BCUT2D eigenvalue weighted by Gasteiger charge is -2.11. The van der Waals surface area contributed by atoms with Crippen LogP contribution in [-0.2, 0) is 12.8 Å². The van der Waals surface area contributed by atoms with E-state index >= 15 is 0 Å². The summed E-state index contributed by atoms with van der Waals surface area (Å²) in [6.07, 6.45) is 10.6. The third-order valence-corrected chi connectivity index (χ3v) is 11.7. The van der Waals surface area contributed by atoms with E-state index in [1.54, 1.807) is 22.7 Å². The number of rotatable bonds is 10. The van der Waals surface area contributed by atoms with Gasteiger partial charge in [-0.1, -0.05) is 101 Å². The molecular formula is C42H36N4S2. The van der Waals surface area contributed by atoms with Gasteiger partial charge in [0.15, 0.2) is 0 Å². The fourth-order valence-corrected chi connectivity index (χ4v) is 9.49. The molecule has 0 unspecified atom stereocenters. The zero-order valence-corrected chi connectivity index (χ0v) is 29.1. The van der Waals surface area contributed by atoms with Crippen molar-refractivity contribution in [3.05, 3.63) is 112 Å². The van der Waals surface area contributed by atoms with Gasteiger partial charge in [-0.25, -0.2) is 0 Å². The van der Waals surface area contributed by atoms with Crippen molar-refractivity contribution >= 4 is 56.1 Å². The molecule has 2 aliphatic carbocycles. The van der Waals surface area contributed by atoms with Crippen molar-refractivity contribution in [3.8, 4) is 24.3 Å². The predicted octanol–water partition coefficient (Wildman–Crippen LogP) is 7.79. The Morgan fingerprint density at radius 1 is 0.500 bits per heavy atom. The van der Waals surface area contributed by atoms with Crippen LogP contribution in [0.1, 0.15) is 98.6 Å². The van der Waals surface area contributed by atoms with Gasteiger partial charge in [-0.2, -0.15) is 21.0 Å². The first-order chi connectivity index (χ1) is 23.6. The molecule has 0 N–H and O–H groups in total. The normalized spacial score (nSPS) is 14.8. The van der Waals surface area contributed by atoms with Gasteiger partial charge in [0.1, 0.15) is 35.4 Å². The standard InChI is InChI=1S/C42H36N4S2/c1-3-5-7-9-15-27-21-35(47-41(27)29(23-43)24-44)37-31-17-11-13-19-33(31)40-38(32-18-12-14-20-34(32)39(37)40)36-22-28(16-10-8-6-4-2)42(48-36)30(25-45)26-46/h11-14,17-22H,3-10,15-16H2,1-2H3/b37-35-,38-36+. The molecule has 0 saturated carbocycles. The zero-order chi connectivity index (χ0) is 33.6. The molecule has 0 spiro atoms. The summed E-state index contributed by atoms with van der Waals surface area (Å²) in [5.74, 6) is 0. The molecule has 6 rings (SSSR count). The molecule has 0 bridgehead atoms. The van der Waals surface area contributed by atoms with Crippen LogP contribution in [0.25, 0.3) is 33.4 Å². The molecule has 4 aromatic rings. The van der Waals surface area contributed by atoms with Gasteiger partial charge in [0.25, 0.3) is 0 Å². The van der Waals surface area contributed by atoms with E-state index in [0.717, 1.165) is 114 Å². The van der Waals surface area contributed by atoms with Crippen LogP contribution < -0.4 is 18.1 Å². The summed E-state index contributed by atoms with van der Waals surface area (Å²) in [5.41, 5.74) is 11.7. The maximum Gasteiger partial charge on any atom is 0.147 e.